The van der Waals surface area contributed by atoms with E-state index < -0.39 is 0 Å². The van der Waals surface area contributed by atoms with Crippen LogP contribution in [0.2, 0.25) is 0 Å². The summed E-state index contributed by atoms with van der Waals surface area (Å²) in [5.41, 5.74) is 4.57. The lowest BCUT2D eigenvalue weighted by molar-refractivity contribution is 0.0932. The van der Waals surface area contributed by atoms with Crippen molar-refractivity contribution >= 4 is 17.3 Å². The zero-order chi connectivity index (χ0) is 15.9. The van der Waals surface area contributed by atoms with E-state index in [9.17, 15) is 4.79 Å². The Bertz CT molecular complexity index is 656. The van der Waals surface area contributed by atoms with E-state index in [4.69, 9.17) is 4.74 Å². The van der Waals surface area contributed by atoms with Crippen LogP contribution in [-0.4, -0.2) is 31.2 Å². The van der Waals surface area contributed by atoms with Crippen molar-refractivity contribution in [3.05, 3.63) is 53.3 Å². The number of nitrogens with one attached hydrogen (secondary N) is 2. The van der Waals surface area contributed by atoms with Gasteiger partial charge in [0.05, 0.1) is 6.61 Å². The second-order valence-corrected chi connectivity index (χ2v) is 5.12. The highest BCUT2D eigenvalue weighted by Gasteiger charge is 2.08. The number of ether oxygens (including phenoxy) is 1. The fourth-order valence-corrected chi connectivity index (χ4v) is 2.02. The van der Waals surface area contributed by atoms with Gasteiger partial charge in [-0.2, -0.15) is 0 Å². The number of nitrogens with zero attached hydrogens (tertiary/aromatic N) is 1. The van der Waals surface area contributed by atoms with Crippen LogP contribution in [0.5, 0.6) is 0 Å². The molecule has 0 radical (unpaired) electrons. The van der Waals surface area contributed by atoms with E-state index in [0.717, 1.165) is 16.9 Å². The predicted molar refractivity (Wildman–Crippen MR) is 87.6 cm³/mol. The lowest BCUT2D eigenvalue weighted by atomic mass is 10.1. The van der Waals surface area contributed by atoms with Crippen LogP contribution in [0.15, 0.2) is 36.5 Å². The van der Waals surface area contributed by atoms with Crippen LogP contribution in [0, 0.1) is 13.8 Å². The van der Waals surface area contributed by atoms with Gasteiger partial charge in [-0.05, 0) is 43.2 Å². The Kier molecular flexibility index (Phi) is 5.49. The summed E-state index contributed by atoms with van der Waals surface area (Å²) in [6.07, 6.45) is 1.62. The van der Waals surface area contributed by atoms with E-state index in [0.29, 0.717) is 18.8 Å². The number of hydrogen-bond acceptors (Lipinski definition) is 4. The van der Waals surface area contributed by atoms with Crippen LogP contribution in [0.25, 0.3) is 0 Å². The summed E-state index contributed by atoms with van der Waals surface area (Å²) in [5.74, 6) is -0.207. The molecule has 5 nitrogen and oxygen atoms in total. The molecule has 0 aliphatic carbocycles. The minimum atomic E-state index is -0.207. The monoisotopic (exact) mass is 299 g/mol. The van der Waals surface area contributed by atoms with Gasteiger partial charge >= 0.3 is 0 Å². The van der Waals surface area contributed by atoms with E-state index >= 15 is 0 Å². The van der Waals surface area contributed by atoms with Gasteiger partial charge in [0.2, 0.25) is 0 Å². The molecule has 0 aliphatic rings. The highest BCUT2D eigenvalue weighted by atomic mass is 16.5. The SMILES string of the molecule is COCCNC(=O)c1cc(Nc2cc(C)ccc2C)ccn1. The van der Waals surface area contributed by atoms with Gasteiger partial charge in [0.1, 0.15) is 5.69 Å². The highest BCUT2D eigenvalue weighted by Crippen LogP contribution is 2.21. The quantitative estimate of drug-likeness (QED) is 0.805. The maximum Gasteiger partial charge on any atom is 0.270 e. The van der Waals surface area contributed by atoms with Crippen LogP contribution in [-0.2, 0) is 4.74 Å². The predicted octanol–water partition coefficient (Wildman–Crippen LogP) is 2.82. The molecule has 0 fully saturated rings. The molecule has 116 valence electrons. The number of aryl methyl sites for hydroxylation is 2. The summed E-state index contributed by atoms with van der Waals surface area (Å²) >= 11 is 0. The maximum atomic E-state index is 12.0. The Morgan fingerprint density at radius 1 is 1.23 bits per heavy atom. The van der Waals surface area contributed by atoms with E-state index in [1.165, 1.54) is 5.56 Å². The number of anilines is 2. The summed E-state index contributed by atoms with van der Waals surface area (Å²) in [6, 6.07) is 9.80. The van der Waals surface area contributed by atoms with Gasteiger partial charge in [-0.15, -0.1) is 0 Å². The number of methoxy groups -OCH3 is 1. The molecule has 1 amide bonds. The molecule has 0 saturated heterocycles. The van der Waals surface area contributed by atoms with Gasteiger partial charge < -0.3 is 15.4 Å². The average molecular weight is 299 g/mol. The van der Waals surface area contributed by atoms with Gasteiger partial charge in [-0.3, -0.25) is 9.78 Å². The molecule has 0 aliphatic heterocycles. The maximum absolute atomic E-state index is 12.0. The van der Waals surface area contributed by atoms with Crippen molar-refractivity contribution in [2.45, 2.75) is 13.8 Å². The number of carbonyl (C=O) groups excluding carboxylic acids is 1. The molecule has 0 spiro atoms. The first-order chi connectivity index (χ1) is 10.6. The molecule has 0 bridgehead atoms. The number of aromatic nitrogens is 1. The van der Waals surface area contributed by atoms with Crippen LogP contribution < -0.4 is 10.6 Å². The molecule has 2 N–H and O–H groups in total. The van der Waals surface area contributed by atoms with Crippen molar-refractivity contribution in [1.29, 1.82) is 0 Å². The minimum Gasteiger partial charge on any atom is -0.383 e. The molecule has 1 heterocycles. The number of rotatable bonds is 6. The molecular formula is C17H21N3O2. The lowest BCUT2D eigenvalue weighted by Crippen LogP contribution is -2.27. The van der Waals surface area contributed by atoms with Gasteiger partial charge in [0.25, 0.3) is 5.91 Å². The second kappa shape index (κ2) is 7.56. The molecule has 1 aromatic heterocycles. The van der Waals surface area contributed by atoms with E-state index in [1.54, 1.807) is 19.4 Å². The van der Waals surface area contributed by atoms with Crippen LogP contribution >= 0.6 is 0 Å². The molecular weight excluding hydrogens is 278 g/mol. The molecule has 0 saturated carbocycles. The summed E-state index contributed by atoms with van der Waals surface area (Å²) in [6.45, 7) is 5.03. The zero-order valence-electron chi connectivity index (χ0n) is 13.1. The first-order valence-electron chi connectivity index (χ1n) is 7.17. The van der Waals surface area contributed by atoms with E-state index in [2.05, 4.69) is 33.8 Å². The Hall–Kier alpha value is -2.40. The zero-order valence-corrected chi connectivity index (χ0v) is 13.1. The van der Waals surface area contributed by atoms with Gasteiger partial charge in [0, 0.05) is 31.2 Å². The van der Waals surface area contributed by atoms with Crippen molar-refractivity contribution < 1.29 is 9.53 Å². The number of amides is 1. The minimum absolute atomic E-state index is 0.207. The fraction of sp³-hybridized carbons (Fsp3) is 0.294. The summed E-state index contributed by atoms with van der Waals surface area (Å²) < 4.78 is 4.91. The Morgan fingerprint density at radius 3 is 2.82 bits per heavy atom. The summed E-state index contributed by atoms with van der Waals surface area (Å²) in [7, 11) is 1.60. The lowest BCUT2D eigenvalue weighted by Gasteiger charge is -2.11. The molecule has 1 aromatic carbocycles. The smallest absolute Gasteiger partial charge is 0.270 e. The average Bonchev–Trinajstić information content (AvgIpc) is 2.51. The van der Waals surface area contributed by atoms with Gasteiger partial charge in [-0.1, -0.05) is 12.1 Å². The Labute approximate surface area is 130 Å². The number of hydrogen-bond donors (Lipinski definition) is 2. The largest absolute Gasteiger partial charge is 0.383 e. The number of benzene rings is 1. The van der Waals surface area contributed by atoms with Crippen LogP contribution in [0.4, 0.5) is 11.4 Å². The first-order valence-corrected chi connectivity index (χ1v) is 7.17. The fourth-order valence-electron chi connectivity index (χ4n) is 2.02. The summed E-state index contributed by atoms with van der Waals surface area (Å²) in [4.78, 5) is 16.1. The third-order valence-electron chi connectivity index (χ3n) is 3.26. The first kappa shape index (κ1) is 16.0. The second-order valence-electron chi connectivity index (χ2n) is 5.12. The summed E-state index contributed by atoms with van der Waals surface area (Å²) in [5, 5.41) is 6.09. The van der Waals surface area contributed by atoms with Gasteiger partial charge in [0.15, 0.2) is 0 Å². The molecule has 0 unspecified atom stereocenters. The van der Waals surface area contributed by atoms with E-state index in [1.807, 2.05) is 19.9 Å². The van der Waals surface area contributed by atoms with Crippen molar-refractivity contribution in [1.82, 2.24) is 10.3 Å². The molecule has 2 rings (SSSR count). The Morgan fingerprint density at radius 2 is 2.05 bits per heavy atom. The third kappa shape index (κ3) is 4.30. The third-order valence-corrected chi connectivity index (χ3v) is 3.26. The van der Waals surface area contributed by atoms with Crippen molar-refractivity contribution in [2.24, 2.45) is 0 Å². The van der Waals surface area contributed by atoms with Crippen molar-refractivity contribution in [2.75, 3.05) is 25.6 Å². The van der Waals surface area contributed by atoms with Crippen LogP contribution in [0.3, 0.4) is 0 Å². The number of pyridine rings is 1. The molecule has 22 heavy (non-hydrogen) atoms. The van der Waals surface area contributed by atoms with Crippen molar-refractivity contribution in [3.8, 4) is 0 Å². The molecule has 2 aromatic rings. The highest BCUT2D eigenvalue weighted by molar-refractivity contribution is 5.93. The Balaban J connectivity index is 2.11. The van der Waals surface area contributed by atoms with Crippen molar-refractivity contribution in [3.63, 3.8) is 0 Å². The molecule has 5 heteroatoms. The van der Waals surface area contributed by atoms with Crippen LogP contribution in [0.1, 0.15) is 21.6 Å². The standard InChI is InChI=1S/C17H21N3O2/c1-12-4-5-13(2)15(10-12)20-14-6-7-18-16(11-14)17(21)19-8-9-22-3/h4-7,10-11H,8-9H2,1-3H3,(H,18,20)(H,19,21). The number of carbonyl (C=O) groups is 1. The normalized spacial score (nSPS) is 10.3. The topological polar surface area (TPSA) is 63.2 Å². The van der Waals surface area contributed by atoms with Gasteiger partial charge in [-0.25, -0.2) is 0 Å². The van der Waals surface area contributed by atoms with E-state index in [-0.39, 0.29) is 5.91 Å². The molecule has 0 atom stereocenters.